The number of imidazole rings is 1. The molecule has 0 bridgehead atoms. The molecule has 2 atom stereocenters. The first-order chi connectivity index (χ1) is 17.1. The molecule has 1 aliphatic carbocycles. The van der Waals surface area contributed by atoms with Gasteiger partial charge in [-0.1, -0.05) is 0 Å². The van der Waals surface area contributed by atoms with E-state index in [1.807, 2.05) is 0 Å². The van der Waals surface area contributed by atoms with Gasteiger partial charge >= 0.3 is 6.61 Å². The zero-order valence-electron chi connectivity index (χ0n) is 19.1. The summed E-state index contributed by atoms with van der Waals surface area (Å²) in [5, 5.41) is 0. The van der Waals surface area contributed by atoms with E-state index in [4.69, 9.17) is 4.74 Å². The number of ether oxygens (including phenoxy) is 2. The van der Waals surface area contributed by atoms with Crippen LogP contribution in [0, 0.1) is 12.7 Å². The summed E-state index contributed by atoms with van der Waals surface area (Å²) in [6.07, 6.45) is 3.22. The van der Waals surface area contributed by atoms with E-state index in [2.05, 4.69) is 9.72 Å². The van der Waals surface area contributed by atoms with Gasteiger partial charge in [0, 0.05) is 37.5 Å². The number of pyridine rings is 1. The van der Waals surface area contributed by atoms with E-state index in [0.29, 0.717) is 5.69 Å². The molecule has 1 amide bonds. The third kappa shape index (κ3) is 2.83. The Morgan fingerprint density at radius 1 is 1.19 bits per heavy atom. The van der Waals surface area contributed by atoms with Crippen molar-refractivity contribution >= 4 is 11.7 Å². The van der Waals surface area contributed by atoms with E-state index in [9.17, 15) is 27.6 Å². The molecule has 3 aliphatic rings. The molecule has 2 aromatic heterocycles. The van der Waals surface area contributed by atoms with Crippen LogP contribution in [0.3, 0.4) is 0 Å². The molecule has 0 N–H and O–H groups in total. The molecule has 0 radical (unpaired) electrons. The van der Waals surface area contributed by atoms with Gasteiger partial charge in [-0.2, -0.15) is 8.78 Å². The number of hydrogen-bond donors (Lipinski definition) is 0. The monoisotopic (exact) mass is 500 g/mol. The maximum Gasteiger partial charge on any atom is 0.387 e. The molecule has 0 saturated heterocycles. The number of benzene rings is 1. The average Bonchev–Trinajstić information content (AvgIpc) is 3.12. The van der Waals surface area contributed by atoms with Gasteiger partial charge in [0.25, 0.3) is 11.5 Å². The van der Waals surface area contributed by atoms with Crippen molar-refractivity contribution in [1.29, 1.82) is 0 Å². The summed E-state index contributed by atoms with van der Waals surface area (Å²) >= 11 is 0. The number of Topliss-reactive ketones (excluding diaryl/α,β-unsaturated/α-hetero) is 1. The molecule has 1 fully saturated rings. The first-order valence-electron chi connectivity index (χ1n) is 11.1. The third-order valence-electron chi connectivity index (χ3n) is 7.27. The van der Waals surface area contributed by atoms with E-state index < -0.39 is 35.1 Å². The van der Waals surface area contributed by atoms with E-state index in [0.717, 1.165) is 17.8 Å². The summed E-state index contributed by atoms with van der Waals surface area (Å²) in [6, 6.07) is 5.02. The van der Waals surface area contributed by atoms with Crippen LogP contribution in [-0.2, 0) is 16.8 Å². The fourth-order valence-electron chi connectivity index (χ4n) is 5.36. The lowest BCUT2D eigenvalue weighted by molar-refractivity contribution is -0.115. The number of alkyl halides is 2. The Labute approximate surface area is 201 Å². The van der Waals surface area contributed by atoms with Crippen molar-refractivity contribution in [2.24, 2.45) is 0 Å². The minimum Gasteiger partial charge on any atom is -0.478 e. The number of ketones is 1. The smallest absolute Gasteiger partial charge is 0.387 e. The van der Waals surface area contributed by atoms with Gasteiger partial charge in [0.15, 0.2) is 23.0 Å². The van der Waals surface area contributed by atoms with Crippen LogP contribution in [0.2, 0.25) is 0 Å². The minimum atomic E-state index is -3.26. The van der Waals surface area contributed by atoms with Crippen LogP contribution in [0.5, 0.6) is 11.5 Å². The van der Waals surface area contributed by atoms with Gasteiger partial charge in [-0.05, 0) is 32.0 Å². The second-order valence-corrected chi connectivity index (χ2v) is 9.24. The number of hydrogen-bond acceptors (Lipinski definition) is 6. The van der Waals surface area contributed by atoms with Crippen molar-refractivity contribution in [3.8, 4) is 17.2 Å². The summed E-state index contributed by atoms with van der Waals surface area (Å²) < 4.78 is 52.7. The number of carbonyl (C=O) groups excluding carboxylic acids is 2. The normalized spacial score (nSPS) is 23.9. The number of halogens is 3. The Balaban J connectivity index is 1.34. The number of carbonyl (C=O) groups is 2. The SMILES string of the molecule is Cc1cn(-c2ccc3n(c2=O)CCN(C[C@]24C(=O)[C@@]2(C)Oc2cc(F)c(OC(F)F)cc24)C3=O)cn1. The molecule has 12 heteroatoms. The standard InChI is InChI=1S/C24H19F3N4O5/c1-12-9-30(11-28-12)15-3-4-16-19(32)29(5-6-31(16)20(15)33)10-24-13-7-18(35-22(26)27)14(25)8-17(13)36-23(24,2)21(24)34/h3-4,7-9,11,22H,5-6,10H2,1-2H3/t23-,24+/m1/s1. The summed E-state index contributed by atoms with van der Waals surface area (Å²) in [7, 11) is 0. The molecule has 3 aromatic rings. The molecular formula is C24H19F3N4O5. The van der Waals surface area contributed by atoms with E-state index in [1.54, 1.807) is 17.7 Å². The summed E-state index contributed by atoms with van der Waals surface area (Å²) in [5.41, 5.74) is -1.67. The zero-order valence-corrected chi connectivity index (χ0v) is 19.1. The fourth-order valence-corrected chi connectivity index (χ4v) is 5.36. The van der Waals surface area contributed by atoms with Crippen LogP contribution >= 0.6 is 0 Å². The third-order valence-corrected chi connectivity index (χ3v) is 7.27. The Bertz CT molecular complexity index is 1530. The van der Waals surface area contributed by atoms with Crippen LogP contribution in [0.1, 0.15) is 28.7 Å². The Morgan fingerprint density at radius 2 is 1.97 bits per heavy atom. The Hall–Kier alpha value is -4.09. The van der Waals surface area contributed by atoms with Crippen molar-refractivity contribution in [3.63, 3.8) is 0 Å². The molecular weight excluding hydrogens is 481 g/mol. The zero-order chi connectivity index (χ0) is 25.6. The van der Waals surface area contributed by atoms with Gasteiger partial charge in [-0.25, -0.2) is 9.37 Å². The molecule has 4 heterocycles. The first kappa shape index (κ1) is 22.4. The Morgan fingerprint density at radius 3 is 2.67 bits per heavy atom. The molecule has 186 valence electrons. The molecule has 36 heavy (non-hydrogen) atoms. The number of amides is 1. The summed E-state index contributed by atoms with van der Waals surface area (Å²) in [5.74, 6) is -2.54. The average molecular weight is 500 g/mol. The number of aromatic nitrogens is 3. The van der Waals surface area contributed by atoms with Gasteiger partial charge in [0.1, 0.15) is 22.5 Å². The molecule has 6 rings (SSSR count). The second-order valence-electron chi connectivity index (χ2n) is 9.24. The quantitative estimate of drug-likeness (QED) is 0.533. The number of aryl methyl sites for hydroxylation is 1. The van der Waals surface area contributed by atoms with Crippen LogP contribution in [-0.4, -0.2) is 56.0 Å². The maximum absolute atomic E-state index is 14.2. The number of rotatable bonds is 5. The molecule has 9 nitrogen and oxygen atoms in total. The van der Waals surface area contributed by atoms with Crippen LogP contribution in [0.25, 0.3) is 5.69 Å². The summed E-state index contributed by atoms with van der Waals surface area (Å²) in [4.78, 5) is 45.0. The highest BCUT2D eigenvalue weighted by atomic mass is 19.3. The van der Waals surface area contributed by atoms with Crippen LogP contribution in [0.15, 0.2) is 41.6 Å². The molecule has 0 spiro atoms. The molecule has 2 aliphatic heterocycles. The van der Waals surface area contributed by atoms with Crippen molar-refractivity contribution in [1.82, 2.24) is 19.0 Å². The predicted octanol–water partition coefficient (Wildman–Crippen LogP) is 2.21. The molecule has 1 aromatic carbocycles. The largest absolute Gasteiger partial charge is 0.478 e. The lowest BCUT2D eigenvalue weighted by Gasteiger charge is -2.32. The highest BCUT2D eigenvalue weighted by Crippen LogP contribution is 2.64. The van der Waals surface area contributed by atoms with Crippen molar-refractivity contribution < 1.29 is 32.2 Å². The van der Waals surface area contributed by atoms with Gasteiger partial charge in [0.2, 0.25) is 0 Å². The van der Waals surface area contributed by atoms with E-state index in [1.165, 1.54) is 34.9 Å². The highest BCUT2D eigenvalue weighted by Gasteiger charge is 2.82. The van der Waals surface area contributed by atoms with Crippen molar-refractivity contribution in [2.45, 2.75) is 38.0 Å². The first-order valence-corrected chi connectivity index (χ1v) is 11.1. The molecule has 0 unspecified atom stereocenters. The predicted molar refractivity (Wildman–Crippen MR) is 117 cm³/mol. The van der Waals surface area contributed by atoms with Crippen LogP contribution in [0.4, 0.5) is 13.2 Å². The number of fused-ring (bicyclic) bond motifs is 4. The van der Waals surface area contributed by atoms with Crippen LogP contribution < -0.4 is 15.0 Å². The lowest BCUT2D eigenvalue weighted by Crippen LogP contribution is -2.48. The molecule has 1 saturated carbocycles. The summed E-state index contributed by atoms with van der Waals surface area (Å²) in [6.45, 7) is 0.242. The van der Waals surface area contributed by atoms with Crippen molar-refractivity contribution in [2.75, 3.05) is 13.1 Å². The van der Waals surface area contributed by atoms with Crippen molar-refractivity contribution in [3.05, 3.63) is 69.9 Å². The second kappa shape index (κ2) is 7.21. The van der Waals surface area contributed by atoms with E-state index in [-0.39, 0.29) is 48.0 Å². The minimum absolute atomic E-state index is 0.0394. The Kier molecular flexibility index (Phi) is 4.48. The fraction of sp³-hybridized carbons (Fsp3) is 0.333. The topological polar surface area (TPSA) is 95.7 Å². The highest BCUT2D eigenvalue weighted by molar-refractivity contribution is 6.19. The van der Waals surface area contributed by atoms with Gasteiger partial charge in [-0.15, -0.1) is 0 Å². The van der Waals surface area contributed by atoms with Gasteiger partial charge in [0.05, 0.1) is 12.0 Å². The van der Waals surface area contributed by atoms with Gasteiger partial charge in [-0.3, -0.25) is 14.4 Å². The number of nitrogens with zero attached hydrogens (tertiary/aromatic N) is 4. The lowest BCUT2D eigenvalue weighted by atomic mass is 9.91. The van der Waals surface area contributed by atoms with Gasteiger partial charge < -0.3 is 23.5 Å². The van der Waals surface area contributed by atoms with E-state index >= 15 is 0 Å². The maximum atomic E-state index is 14.2.